The summed E-state index contributed by atoms with van der Waals surface area (Å²) in [6, 6.07) is 5.63. The molecule has 7 nitrogen and oxygen atoms in total. The van der Waals surface area contributed by atoms with E-state index in [-0.39, 0.29) is 23.6 Å². The van der Waals surface area contributed by atoms with Crippen LogP contribution in [-0.2, 0) is 14.8 Å². The lowest BCUT2D eigenvalue weighted by Crippen LogP contribution is -2.51. The highest BCUT2D eigenvalue weighted by Crippen LogP contribution is 2.30. The van der Waals surface area contributed by atoms with Crippen LogP contribution >= 0.6 is 11.6 Å². The minimum Gasteiger partial charge on any atom is -0.448 e. The molecule has 1 fully saturated rings. The van der Waals surface area contributed by atoms with Crippen molar-refractivity contribution in [3.63, 3.8) is 0 Å². The highest BCUT2D eigenvalue weighted by Gasteiger charge is 2.38. The van der Waals surface area contributed by atoms with Crippen LogP contribution in [0.5, 0.6) is 0 Å². The van der Waals surface area contributed by atoms with E-state index in [0.29, 0.717) is 18.0 Å². The van der Waals surface area contributed by atoms with Gasteiger partial charge in [0.05, 0.1) is 10.9 Å². The molecule has 1 heterocycles. The highest BCUT2D eigenvalue weighted by atomic mass is 35.5. The van der Waals surface area contributed by atoms with E-state index in [2.05, 4.69) is 4.90 Å². The normalized spacial score (nSPS) is 20.6. The van der Waals surface area contributed by atoms with E-state index < -0.39 is 16.1 Å². The van der Waals surface area contributed by atoms with Gasteiger partial charge in [0.25, 0.3) is 0 Å². The summed E-state index contributed by atoms with van der Waals surface area (Å²) in [5, 5.41) is 0.485. The zero-order valence-corrected chi connectivity index (χ0v) is 19.2. The molecular weight excluding hydrogens is 414 g/mol. The summed E-state index contributed by atoms with van der Waals surface area (Å²) in [6.45, 7) is 3.42. The number of carbonyl (C=O) groups is 1. The van der Waals surface area contributed by atoms with Gasteiger partial charge < -0.3 is 14.5 Å². The van der Waals surface area contributed by atoms with Crippen molar-refractivity contribution in [1.29, 1.82) is 0 Å². The molecule has 2 rings (SSSR count). The van der Waals surface area contributed by atoms with Gasteiger partial charge in [-0.3, -0.25) is 0 Å². The Morgan fingerprint density at radius 3 is 2.45 bits per heavy atom. The molecule has 1 aromatic carbocycles. The second-order valence-electron chi connectivity index (χ2n) is 7.88. The van der Waals surface area contributed by atoms with E-state index in [1.807, 2.05) is 21.0 Å². The Balaban J connectivity index is 2.04. The fourth-order valence-electron chi connectivity index (χ4n) is 3.57. The molecule has 0 unspecified atom stereocenters. The van der Waals surface area contributed by atoms with Crippen LogP contribution in [0, 0.1) is 0 Å². The number of benzene rings is 1. The van der Waals surface area contributed by atoms with Crippen LogP contribution in [0.4, 0.5) is 4.79 Å². The number of hydrogen-bond donors (Lipinski definition) is 0. The van der Waals surface area contributed by atoms with Crippen molar-refractivity contribution >= 4 is 27.7 Å². The molecule has 1 aliphatic rings. The first-order chi connectivity index (χ1) is 13.6. The molecule has 0 saturated carbocycles. The number of sulfonamides is 1. The largest absolute Gasteiger partial charge is 0.448 e. The molecule has 0 N–H and O–H groups in total. The average molecular weight is 446 g/mol. The topological polar surface area (TPSA) is 70.2 Å². The predicted octanol–water partition coefficient (Wildman–Crippen LogP) is 3.29. The quantitative estimate of drug-likeness (QED) is 0.614. The molecule has 0 aliphatic carbocycles. The van der Waals surface area contributed by atoms with Gasteiger partial charge in [-0.15, -0.1) is 0 Å². The molecule has 1 aromatic rings. The van der Waals surface area contributed by atoms with Crippen LogP contribution in [0.15, 0.2) is 29.2 Å². The third-order valence-corrected chi connectivity index (χ3v) is 7.49. The summed E-state index contributed by atoms with van der Waals surface area (Å²) in [5.74, 6) is 0. The first kappa shape index (κ1) is 23.9. The van der Waals surface area contributed by atoms with Gasteiger partial charge in [-0.1, -0.05) is 18.0 Å². The smallest absolute Gasteiger partial charge is 0.409 e. The van der Waals surface area contributed by atoms with E-state index in [0.717, 1.165) is 25.8 Å². The Bertz CT molecular complexity index is 770. The van der Waals surface area contributed by atoms with Crippen LogP contribution < -0.4 is 0 Å². The maximum absolute atomic E-state index is 13.2. The van der Waals surface area contributed by atoms with Crippen LogP contribution in [0.3, 0.4) is 0 Å². The second kappa shape index (κ2) is 10.6. The number of piperidine rings is 1. The fourth-order valence-corrected chi connectivity index (χ4v) is 5.56. The van der Waals surface area contributed by atoms with Gasteiger partial charge >= 0.3 is 6.09 Å². The van der Waals surface area contributed by atoms with E-state index in [1.54, 1.807) is 19.2 Å². The van der Waals surface area contributed by atoms with Crippen molar-refractivity contribution in [3.05, 3.63) is 29.3 Å². The van der Waals surface area contributed by atoms with E-state index in [1.165, 1.54) is 21.3 Å². The van der Waals surface area contributed by atoms with Gasteiger partial charge in [0.2, 0.25) is 10.0 Å². The van der Waals surface area contributed by atoms with Crippen molar-refractivity contribution in [1.82, 2.24) is 14.1 Å². The maximum Gasteiger partial charge on any atom is 0.409 e. The molecule has 0 radical (unpaired) electrons. The number of ether oxygens (including phenoxy) is 1. The van der Waals surface area contributed by atoms with Gasteiger partial charge in [-0.25, -0.2) is 13.2 Å². The lowest BCUT2D eigenvalue weighted by molar-refractivity contribution is 0.0690. The van der Waals surface area contributed by atoms with Crippen molar-refractivity contribution in [3.8, 4) is 0 Å². The maximum atomic E-state index is 13.2. The summed E-state index contributed by atoms with van der Waals surface area (Å²) in [7, 11) is 1.96. The minimum absolute atomic E-state index is 0.0496. The molecular formula is C20H32ClN3O4S. The number of nitrogens with zero attached hydrogens (tertiary/aromatic N) is 3. The summed E-state index contributed by atoms with van der Waals surface area (Å²) < 4.78 is 33.4. The standard InChI is InChI=1S/C20H32ClN3O4S/c1-16-7-5-8-18(15-28-20(25)23(4)14-6-13-22(2)3)24(16)29(26,27)19-11-9-17(21)10-12-19/h9-12,16,18H,5-8,13-15H2,1-4H3/t16-,18-/m1/s1. The minimum atomic E-state index is -3.70. The van der Waals surface area contributed by atoms with E-state index in [4.69, 9.17) is 16.3 Å². The summed E-state index contributed by atoms with van der Waals surface area (Å²) in [4.78, 5) is 16.1. The number of hydrogen-bond acceptors (Lipinski definition) is 5. The summed E-state index contributed by atoms with van der Waals surface area (Å²) in [6.07, 6.45) is 2.76. The molecule has 0 spiro atoms. The monoisotopic (exact) mass is 445 g/mol. The molecule has 2 atom stereocenters. The predicted molar refractivity (Wildman–Crippen MR) is 115 cm³/mol. The lowest BCUT2D eigenvalue weighted by atomic mass is 10.0. The molecule has 29 heavy (non-hydrogen) atoms. The first-order valence-corrected chi connectivity index (χ1v) is 11.8. The molecule has 1 aliphatic heterocycles. The third-order valence-electron chi connectivity index (χ3n) is 5.15. The molecule has 164 valence electrons. The molecule has 1 amide bonds. The number of carbonyl (C=O) groups excluding carboxylic acids is 1. The second-order valence-corrected chi connectivity index (χ2v) is 10.2. The van der Waals surface area contributed by atoms with Crippen LogP contribution in [0.25, 0.3) is 0 Å². The zero-order chi connectivity index (χ0) is 21.6. The highest BCUT2D eigenvalue weighted by molar-refractivity contribution is 7.89. The molecule has 1 saturated heterocycles. The van der Waals surface area contributed by atoms with Crippen molar-refractivity contribution in [2.24, 2.45) is 0 Å². The Labute approximate surface area is 179 Å². The average Bonchev–Trinajstić information content (AvgIpc) is 2.65. The summed E-state index contributed by atoms with van der Waals surface area (Å²) >= 11 is 5.90. The van der Waals surface area contributed by atoms with Crippen LogP contribution in [-0.4, -0.2) is 81.5 Å². The Morgan fingerprint density at radius 2 is 1.83 bits per heavy atom. The number of rotatable bonds is 8. The third kappa shape index (κ3) is 6.57. The Hall–Kier alpha value is -1.35. The van der Waals surface area contributed by atoms with Crippen molar-refractivity contribution < 1.29 is 17.9 Å². The Morgan fingerprint density at radius 1 is 1.17 bits per heavy atom. The zero-order valence-electron chi connectivity index (χ0n) is 17.7. The number of halogens is 1. The van der Waals surface area contributed by atoms with Gasteiger partial charge in [0.15, 0.2) is 0 Å². The first-order valence-electron chi connectivity index (χ1n) is 9.94. The van der Waals surface area contributed by atoms with E-state index >= 15 is 0 Å². The fraction of sp³-hybridized carbons (Fsp3) is 0.650. The van der Waals surface area contributed by atoms with Crippen LogP contribution in [0.1, 0.15) is 32.6 Å². The SMILES string of the molecule is C[C@@H]1CCC[C@H](COC(=O)N(C)CCCN(C)C)N1S(=O)(=O)c1ccc(Cl)cc1. The van der Waals surface area contributed by atoms with Gasteiger partial charge in [0, 0.05) is 24.7 Å². The number of amides is 1. The summed E-state index contributed by atoms with van der Waals surface area (Å²) in [5.41, 5.74) is 0. The molecule has 0 bridgehead atoms. The van der Waals surface area contributed by atoms with Gasteiger partial charge in [-0.2, -0.15) is 4.31 Å². The van der Waals surface area contributed by atoms with Crippen molar-refractivity contribution in [2.75, 3.05) is 40.8 Å². The van der Waals surface area contributed by atoms with Crippen LogP contribution in [0.2, 0.25) is 5.02 Å². The Kier molecular flexibility index (Phi) is 8.75. The molecule has 9 heteroatoms. The molecule has 0 aromatic heterocycles. The van der Waals surface area contributed by atoms with Gasteiger partial charge in [0.1, 0.15) is 6.61 Å². The van der Waals surface area contributed by atoms with Gasteiger partial charge in [-0.05, 0) is 71.1 Å². The van der Waals surface area contributed by atoms with Crippen molar-refractivity contribution in [2.45, 2.75) is 49.6 Å². The van der Waals surface area contributed by atoms with E-state index in [9.17, 15) is 13.2 Å². The lowest BCUT2D eigenvalue weighted by Gasteiger charge is -2.39.